The molecule has 10 nitrogen and oxygen atoms in total. The van der Waals surface area contributed by atoms with Crippen LogP contribution >= 0.6 is 0 Å². The minimum absolute atomic E-state index is 0.415. The summed E-state index contributed by atoms with van der Waals surface area (Å²) in [4.78, 5) is 29.6. The van der Waals surface area contributed by atoms with E-state index in [-0.39, 0.29) is 0 Å². The van der Waals surface area contributed by atoms with Crippen molar-refractivity contribution in [3.63, 3.8) is 0 Å². The van der Waals surface area contributed by atoms with Crippen LogP contribution in [0.3, 0.4) is 0 Å². The number of alkyl halides is 3. The molecule has 13 heteroatoms. The van der Waals surface area contributed by atoms with Gasteiger partial charge in [0.05, 0.1) is 11.1 Å². The van der Waals surface area contributed by atoms with Gasteiger partial charge in [-0.2, -0.15) is 23.3 Å². The zero-order valence-electron chi connectivity index (χ0n) is 22.0. The van der Waals surface area contributed by atoms with Crippen molar-refractivity contribution in [1.82, 2.24) is 30.0 Å². The number of carbonyl (C=O) groups is 1. The van der Waals surface area contributed by atoms with Gasteiger partial charge >= 0.3 is 6.18 Å². The van der Waals surface area contributed by atoms with Crippen molar-refractivity contribution in [3.05, 3.63) is 83.4 Å². The Morgan fingerprint density at radius 1 is 1.00 bits per heavy atom. The van der Waals surface area contributed by atoms with E-state index in [1.165, 1.54) is 12.8 Å². The van der Waals surface area contributed by atoms with Crippen molar-refractivity contribution in [2.75, 3.05) is 41.7 Å². The lowest BCUT2D eigenvalue weighted by Gasteiger charge is -2.34. The number of hydrogen-bond acceptors (Lipinski definition) is 8. The summed E-state index contributed by atoms with van der Waals surface area (Å²) in [5.74, 6) is 1.86. The molecular formula is C28H28F3N9O. The van der Waals surface area contributed by atoms with Crippen LogP contribution < -0.4 is 15.5 Å². The highest BCUT2D eigenvalue weighted by atomic mass is 19.4. The van der Waals surface area contributed by atoms with Crippen LogP contribution in [0, 0.1) is 0 Å². The molecule has 2 aliphatic rings. The Labute approximate surface area is 234 Å². The van der Waals surface area contributed by atoms with Gasteiger partial charge in [0.1, 0.15) is 5.82 Å². The molecule has 0 atom stereocenters. The number of hydrogen-bond donors (Lipinski definition) is 3. The van der Waals surface area contributed by atoms with Crippen molar-refractivity contribution >= 4 is 29.2 Å². The van der Waals surface area contributed by atoms with E-state index in [1.54, 1.807) is 18.3 Å². The van der Waals surface area contributed by atoms with Gasteiger partial charge in [0, 0.05) is 74.7 Å². The smallest absolute Gasteiger partial charge is 0.338 e. The predicted molar refractivity (Wildman–Crippen MR) is 147 cm³/mol. The summed E-state index contributed by atoms with van der Waals surface area (Å²) in [5, 5.41) is 13.2. The molecular weight excluding hydrogens is 535 g/mol. The van der Waals surface area contributed by atoms with Crippen LogP contribution in [0.15, 0.2) is 61.1 Å². The molecule has 1 aromatic carbocycles. The molecule has 4 heterocycles. The number of rotatable bonds is 8. The van der Waals surface area contributed by atoms with Gasteiger partial charge in [0.25, 0.3) is 5.91 Å². The second-order valence-corrected chi connectivity index (χ2v) is 10.2. The minimum Gasteiger partial charge on any atom is -0.338 e. The van der Waals surface area contributed by atoms with E-state index in [9.17, 15) is 18.0 Å². The fourth-order valence-corrected chi connectivity index (χ4v) is 4.78. The summed E-state index contributed by atoms with van der Waals surface area (Å²) < 4.78 is 39.7. The molecule has 6 rings (SSSR count). The largest absolute Gasteiger partial charge is 0.418 e. The average Bonchev–Trinajstić information content (AvgIpc) is 3.72. The van der Waals surface area contributed by atoms with Crippen LogP contribution in [0.25, 0.3) is 0 Å². The van der Waals surface area contributed by atoms with Crippen LogP contribution in [-0.2, 0) is 12.7 Å². The van der Waals surface area contributed by atoms with Gasteiger partial charge in [0.2, 0.25) is 5.95 Å². The van der Waals surface area contributed by atoms with E-state index in [4.69, 9.17) is 0 Å². The number of H-pyrrole nitrogens is 1. The maximum atomic E-state index is 13.2. The molecule has 41 heavy (non-hydrogen) atoms. The molecule has 0 radical (unpaired) electrons. The lowest BCUT2D eigenvalue weighted by Crippen LogP contribution is -2.46. The molecule has 4 aromatic rings. The van der Waals surface area contributed by atoms with Crippen LogP contribution in [-0.4, -0.2) is 62.1 Å². The van der Waals surface area contributed by atoms with Gasteiger partial charge in [0.15, 0.2) is 5.82 Å². The highest BCUT2D eigenvalue weighted by molar-refractivity contribution is 6.05. The Hall–Kier alpha value is -4.52. The highest BCUT2D eigenvalue weighted by Gasteiger charge is 2.35. The molecule has 1 aliphatic carbocycles. The van der Waals surface area contributed by atoms with E-state index in [1.807, 2.05) is 24.3 Å². The second kappa shape index (κ2) is 11.2. The number of aromatic nitrogens is 5. The van der Waals surface area contributed by atoms with E-state index in [2.05, 4.69) is 45.6 Å². The zero-order chi connectivity index (χ0) is 28.4. The number of pyridine rings is 1. The first-order valence-corrected chi connectivity index (χ1v) is 13.4. The standard InChI is InChI=1S/C28H28F3N9O/c29-28(30,31)22-16-32-9-7-21(22)26(41)34-20-5-1-18(2-6-20)17-39-11-13-40(14-12-39)27-33-10-8-24(36-27)35-25-15-23(37-38-25)19-3-4-19/h1-2,5-10,15-16,19H,3-4,11-14,17H2,(H,34,41)(H2,33,35,36,37,38). The topological polar surface area (TPSA) is 115 Å². The zero-order valence-corrected chi connectivity index (χ0v) is 22.0. The number of piperazine rings is 1. The molecule has 3 aromatic heterocycles. The number of halogens is 3. The fraction of sp³-hybridized carbons (Fsp3) is 0.321. The van der Waals surface area contributed by atoms with Crippen LogP contribution in [0.2, 0.25) is 0 Å². The molecule has 1 amide bonds. The van der Waals surface area contributed by atoms with Gasteiger partial charge in [-0.1, -0.05) is 12.1 Å². The van der Waals surface area contributed by atoms with Crippen LogP contribution in [0.1, 0.15) is 45.9 Å². The lowest BCUT2D eigenvalue weighted by molar-refractivity contribution is -0.138. The minimum atomic E-state index is -4.67. The third-order valence-corrected chi connectivity index (χ3v) is 7.16. The number of nitrogens with zero attached hydrogens (tertiary/aromatic N) is 6. The summed E-state index contributed by atoms with van der Waals surface area (Å²) in [6.45, 7) is 3.85. The normalized spacial score (nSPS) is 16.0. The molecule has 2 fully saturated rings. The van der Waals surface area contributed by atoms with Crippen molar-refractivity contribution in [2.24, 2.45) is 0 Å². The Kier molecular flexibility index (Phi) is 7.26. The first-order chi connectivity index (χ1) is 19.8. The number of carbonyl (C=O) groups excluding carboxylic acids is 1. The van der Waals surface area contributed by atoms with Crippen molar-refractivity contribution in [3.8, 4) is 0 Å². The first-order valence-electron chi connectivity index (χ1n) is 13.4. The van der Waals surface area contributed by atoms with Gasteiger partial charge in [-0.3, -0.25) is 19.8 Å². The Balaban J connectivity index is 1.00. The third kappa shape index (κ3) is 6.46. The average molecular weight is 564 g/mol. The molecule has 0 unspecified atom stereocenters. The van der Waals surface area contributed by atoms with E-state index in [0.29, 0.717) is 36.1 Å². The summed E-state index contributed by atoms with van der Waals surface area (Å²) >= 11 is 0. The quantitative estimate of drug-likeness (QED) is 0.280. The van der Waals surface area contributed by atoms with Crippen molar-refractivity contribution in [1.29, 1.82) is 0 Å². The van der Waals surface area contributed by atoms with Crippen molar-refractivity contribution < 1.29 is 18.0 Å². The SMILES string of the molecule is O=C(Nc1ccc(CN2CCN(c3nccc(Nc4cc(C5CC5)[nH]n4)n3)CC2)cc1)c1ccncc1C(F)(F)F. The molecule has 212 valence electrons. The number of aromatic amines is 1. The van der Waals surface area contributed by atoms with Gasteiger partial charge < -0.3 is 15.5 Å². The number of amides is 1. The van der Waals surface area contributed by atoms with Gasteiger partial charge in [-0.15, -0.1) is 0 Å². The Bertz CT molecular complexity index is 1510. The monoisotopic (exact) mass is 563 g/mol. The first kappa shape index (κ1) is 26.7. The lowest BCUT2D eigenvalue weighted by atomic mass is 10.1. The number of anilines is 4. The molecule has 0 bridgehead atoms. The number of benzene rings is 1. The van der Waals surface area contributed by atoms with Gasteiger partial charge in [-0.05, 0) is 42.7 Å². The Morgan fingerprint density at radius 3 is 2.51 bits per heavy atom. The van der Waals surface area contributed by atoms with Crippen LogP contribution in [0.4, 0.5) is 36.4 Å². The van der Waals surface area contributed by atoms with E-state index < -0.39 is 23.2 Å². The maximum Gasteiger partial charge on any atom is 0.418 e. The predicted octanol–water partition coefficient (Wildman–Crippen LogP) is 4.81. The molecule has 3 N–H and O–H groups in total. The summed E-state index contributed by atoms with van der Waals surface area (Å²) in [7, 11) is 0. The van der Waals surface area contributed by atoms with E-state index >= 15 is 0 Å². The Morgan fingerprint density at radius 2 is 1.78 bits per heavy atom. The summed E-state index contributed by atoms with van der Waals surface area (Å²) in [6.07, 6.45) is 1.30. The summed E-state index contributed by atoms with van der Waals surface area (Å²) in [5.41, 5.74) is 1.06. The fourth-order valence-electron chi connectivity index (χ4n) is 4.78. The molecule has 1 saturated carbocycles. The molecule has 1 saturated heterocycles. The third-order valence-electron chi connectivity index (χ3n) is 7.16. The van der Waals surface area contributed by atoms with Crippen LogP contribution in [0.5, 0.6) is 0 Å². The van der Waals surface area contributed by atoms with Gasteiger partial charge in [-0.25, -0.2) is 4.98 Å². The summed E-state index contributed by atoms with van der Waals surface area (Å²) in [6, 6.07) is 12.0. The number of nitrogens with one attached hydrogen (secondary N) is 3. The highest BCUT2D eigenvalue weighted by Crippen LogP contribution is 2.39. The molecule has 0 spiro atoms. The molecule has 1 aliphatic heterocycles. The van der Waals surface area contributed by atoms with Crippen molar-refractivity contribution in [2.45, 2.75) is 31.5 Å². The second-order valence-electron chi connectivity index (χ2n) is 10.2. The maximum absolute atomic E-state index is 13.2. The van der Waals surface area contributed by atoms with E-state index in [0.717, 1.165) is 55.5 Å².